The van der Waals surface area contributed by atoms with Gasteiger partial charge < -0.3 is 15.4 Å². The third-order valence-electron chi connectivity index (χ3n) is 3.38. The second-order valence-corrected chi connectivity index (χ2v) is 4.65. The zero-order valence-corrected chi connectivity index (χ0v) is 11.0. The van der Waals surface area contributed by atoms with E-state index in [1.54, 1.807) is 12.1 Å². The number of hydrogen-bond acceptors (Lipinski definition) is 3. The molecule has 2 N–H and O–H groups in total. The van der Waals surface area contributed by atoms with Crippen molar-refractivity contribution in [3.8, 4) is 5.75 Å². The zero-order valence-electron chi connectivity index (χ0n) is 11.0. The number of nitrogens with zero attached hydrogens (tertiary/aromatic N) is 1. The van der Waals surface area contributed by atoms with Crippen molar-refractivity contribution < 1.29 is 22.7 Å². The van der Waals surface area contributed by atoms with E-state index in [2.05, 4.69) is 0 Å². The summed E-state index contributed by atoms with van der Waals surface area (Å²) >= 11 is 0. The number of carbonyl (C=O) groups excluding carboxylic acids is 1. The third-order valence-corrected chi connectivity index (χ3v) is 3.38. The number of methoxy groups -OCH3 is 1. The van der Waals surface area contributed by atoms with Crippen LogP contribution in [0.3, 0.4) is 0 Å². The molecule has 7 heteroatoms. The van der Waals surface area contributed by atoms with Gasteiger partial charge in [0.05, 0.1) is 12.8 Å². The van der Waals surface area contributed by atoms with Gasteiger partial charge in [-0.1, -0.05) is 0 Å². The van der Waals surface area contributed by atoms with E-state index < -0.39 is 12.1 Å². The van der Waals surface area contributed by atoms with Crippen LogP contribution in [-0.2, 0) is 17.6 Å². The molecule has 0 atom stereocenters. The van der Waals surface area contributed by atoms with Crippen LogP contribution < -0.4 is 10.5 Å². The first-order chi connectivity index (χ1) is 9.32. The van der Waals surface area contributed by atoms with Gasteiger partial charge in [-0.15, -0.1) is 0 Å². The molecule has 110 valence electrons. The molecule has 0 unspecified atom stereocenters. The first kappa shape index (κ1) is 14.5. The van der Waals surface area contributed by atoms with Gasteiger partial charge in [-0.2, -0.15) is 13.2 Å². The number of nitrogens with two attached hydrogens (primary N) is 1. The maximum Gasteiger partial charge on any atom is 0.471 e. The molecule has 1 amide bonds. The monoisotopic (exact) mass is 288 g/mol. The molecular formula is C13H15F3N2O2. The average molecular weight is 288 g/mol. The van der Waals surface area contributed by atoms with Crippen molar-refractivity contribution in [2.75, 3.05) is 25.9 Å². The third kappa shape index (κ3) is 2.81. The molecule has 4 nitrogen and oxygen atoms in total. The van der Waals surface area contributed by atoms with Crippen molar-refractivity contribution in [2.45, 2.75) is 19.0 Å². The van der Waals surface area contributed by atoms with Gasteiger partial charge in [-0.3, -0.25) is 4.79 Å². The van der Waals surface area contributed by atoms with Gasteiger partial charge >= 0.3 is 12.1 Å². The Labute approximate surface area is 114 Å². The number of fused-ring (bicyclic) bond motifs is 1. The number of halogens is 3. The summed E-state index contributed by atoms with van der Waals surface area (Å²) < 4.78 is 42.4. The summed E-state index contributed by atoms with van der Waals surface area (Å²) in [5.74, 6) is -1.29. The second kappa shape index (κ2) is 5.22. The molecule has 1 aromatic carbocycles. The summed E-state index contributed by atoms with van der Waals surface area (Å²) in [4.78, 5) is 12.1. The highest BCUT2D eigenvalue weighted by atomic mass is 19.4. The predicted octanol–water partition coefficient (Wildman–Crippen LogP) is 1.77. The summed E-state index contributed by atoms with van der Waals surface area (Å²) in [5, 5.41) is 0. The lowest BCUT2D eigenvalue weighted by Gasteiger charge is -2.21. The molecule has 0 saturated heterocycles. The molecule has 0 saturated carbocycles. The fourth-order valence-electron chi connectivity index (χ4n) is 2.33. The normalized spacial score (nSPS) is 15.5. The fourth-order valence-corrected chi connectivity index (χ4v) is 2.33. The summed E-state index contributed by atoms with van der Waals surface area (Å²) in [6.45, 7) is 0.0789. The number of hydrogen-bond donors (Lipinski definition) is 1. The fraction of sp³-hybridized carbons (Fsp3) is 0.462. The van der Waals surface area contributed by atoms with Crippen LogP contribution in [-0.4, -0.2) is 37.2 Å². The van der Waals surface area contributed by atoms with Crippen molar-refractivity contribution in [1.82, 2.24) is 4.90 Å². The molecule has 2 rings (SSSR count). The molecule has 0 aromatic heterocycles. The predicted molar refractivity (Wildman–Crippen MR) is 67.4 cm³/mol. The van der Waals surface area contributed by atoms with E-state index in [0.717, 1.165) is 16.0 Å². The molecule has 0 fully saturated rings. The number of amides is 1. The SMILES string of the molecule is COc1cc2c(cc1N)CCN(C(=O)C(F)(F)F)CC2. The Morgan fingerprint density at radius 2 is 1.80 bits per heavy atom. The van der Waals surface area contributed by atoms with Crippen molar-refractivity contribution in [3.63, 3.8) is 0 Å². The van der Waals surface area contributed by atoms with Crippen molar-refractivity contribution in [1.29, 1.82) is 0 Å². The largest absolute Gasteiger partial charge is 0.495 e. The van der Waals surface area contributed by atoms with Gasteiger partial charge in [-0.25, -0.2) is 0 Å². The van der Waals surface area contributed by atoms with Gasteiger partial charge in [-0.05, 0) is 36.1 Å². The van der Waals surface area contributed by atoms with Gasteiger partial charge in [0.25, 0.3) is 0 Å². The van der Waals surface area contributed by atoms with Gasteiger partial charge in [0.15, 0.2) is 0 Å². The molecule has 1 heterocycles. The van der Waals surface area contributed by atoms with Crippen molar-refractivity contribution >= 4 is 11.6 Å². The molecular weight excluding hydrogens is 273 g/mol. The van der Waals surface area contributed by atoms with Crippen LogP contribution >= 0.6 is 0 Å². The summed E-state index contributed by atoms with van der Waals surface area (Å²) in [6, 6.07) is 3.43. The van der Waals surface area contributed by atoms with Crippen LogP contribution in [0.2, 0.25) is 0 Å². The van der Waals surface area contributed by atoms with E-state index in [-0.39, 0.29) is 13.1 Å². The molecule has 1 aliphatic heterocycles. The first-order valence-corrected chi connectivity index (χ1v) is 6.14. The van der Waals surface area contributed by atoms with Crippen LogP contribution in [0.15, 0.2) is 12.1 Å². The minimum absolute atomic E-state index is 0.0388. The van der Waals surface area contributed by atoms with Gasteiger partial charge in [0.1, 0.15) is 5.75 Å². The van der Waals surface area contributed by atoms with Crippen LogP contribution in [0.5, 0.6) is 5.75 Å². The zero-order chi connectivity index (χ0) is 14.9. The van der Waals surface area contributed by atoms with E-state index in [1.807, 2.05) is 0 Å². The van der Waals surface area contributed by atoms with Gasteiger partial charge in [0, 0.05) is 13.1 Å². The first-order valence-electron chi connectivity index (χ1n) is 6.14. The lowest BCUT2D eigenvalue weighted by Crippen LogP contribution is -2.42. The van der Waals surface area contributed by atoms with E-state index >= 15 is 0 Å². The molecule has 0 aliphatic carbocycles. The number of alkyl halides is 3. The second-order valence-electron chi connectivity index (χ2n) is 4.65. The number of nitrogen functional groups attached to an aromatic ring is 1. The van der Waals surface area contributed by atoms with Crippen LogP contribution in [0.25, 0.3) is 0 Å². The number of rotatable bonds is 1. The minimum atomic E-state index is -4.83. The Balaban J connectivity index is 2.21. The molecule has 20 heavy (non-hydrogen) atoms. The summed E-state index contributed by atoms with van der Waals surface area (Å²) in [5.41, 5.74) is 7.96. The smallest absolute Gasteiger partial charge is 0.471 e. The number of carbonyl (C=O) groups is 1. The highest BCUT2D eigenvalue weighted by Crippen LogP contribution is 2.29. The number of ether oxygens (including phenoxy) is 1. The minimum Gasteiger partial charge on any atom is -0.495 e. The Bertz CT molecular complexity index is 529. The Hall–Kier alpha value is -1.92. The standard InChI is InChI=1S/C13H15F3N2O2/c1-20-11-7-9-3-5-18(12(19)13(14,15)16)4-2-8(9)6-10(11)17/h6-7H,2-5,17H2,1H3. The highest BCUT2D eigenvalue weighted by molar-refractivity contribution is 5.82. The summed E-state index contributed by atoms with van der Waals surface area (Å²) in [7, 11) is 1.48. The maximum atomic E-state index is 12.4. The summed E-state index contributed by atoms with van der Waals surface area (Å²) in [6.07, 6.45) is -4.12. The van der Waals surface area contributed by atoms with Crippen LogP contribution in [0.1, 0.15) is 11.1 Å². The Kier molecular flexibility index (Phi) is 3.78. The maximum absolute atomic E-state index is 12.4. The topological polar surface area (TPSA) is 55.6 Å². The van der Waals surface area contributed by atoms with E-state index in [4.69, 9.17) is 10.5 Å². The highest BCUT2D eigenvalue weighted by Gasteiger charge is 2.42. The lowest BCUT2D eigenvalue weighted by atomic mass is 10.0. The quantitative estimate of drug-likeness (QED) is 0.801. The van der Waals surface area contributed by atoms with Crippen molar-refractivity contribution in [2.24, 2.45) is 0 Å². The number of benzene rings is 1. The van der Waals surface area contributed by atoms with Gasteiger partial charge in [0.2, 0.25) is 0 Å². The Morgan fingerprint density at radius 3 is 2.30 bits per heavy atom. The van der Waals surface area contributed by atoms with E-state index in [1.165, 1.54) is 7.11 Å². The molecule has 0 spiro atoms. The van der Waals surface area contributed by atoms with E-state index in [0.29, 0.717) is 24.3 Å². The average Bonchev–Trinajstić information content (AvgIpc) is 2.58. The number of anilines is 1. The molecule has 1 aliphatic rings. The van der Waals surface area contributed by atoms with Crippen LogP contribution in [0.4, 0.5) is 18.9 Å². The van der Waals surface area contributed by atoms with E-state index in [9.17, 15) is 18.0 Å². The molecule has 0 radical (unpaired) electrons. The molecule has 1 aromatic rings. The lowest BCUT2D eigenvalue weighted by molar-refractivity contribution is -0.185. The van der Waals surface area contributed by atoms with Crippen molar-refractivity contribution in [3.05, 3.63) is 23.3 Å². The molecule has 0 bridgehead atoms. The Morgan fingerprint density at radius 1 is 1.25 bits per heavy atom. The van der Waals surface area contributed by atoms with Crippen LogP contribution in [0, 0.1) is 0 Å².